The highest BCUT2D eigenvalue weighted by Gasteiger charge is 2.45. The standard InChI is InChI=1S/C13H14ClN3O4S/c14-10-3-1-2-9(4-10)8-22(20,21)16-6-11(7-16)17-12(18)5-15-13(17)19/h1-4,11H,5-8H2,(H,15,19). The van der Waals surface area contributed by atoms with Gasteiger partial charge in [0.1, 0.15) is 0 Å². The molecular formula is C13H14ClN3O4S. The van der Waals surface area contributed by atoms with Gasteiger partial charge in [-0.1, -0.05) is 23.7 Å². The minimum Gasteiger partial charge on any atom is -0.329 e. The molecule has 2 heterocycles. The van der Waals surface area contributed by atoms with Crippen molar-refractivity contribution >= 4 is 33.6 Å². The number of carbonyl (C=O) groups excluding carboxylic acids is 2. The highest BCUT2D eigenvalue weighted by atomic mass is 35.5. The first kappa shape index (κ1) is 15.3. The maximum Gasteiger partial charge on any atom is 0.324 e. The summed E-state index contributed by atoms with van der Waals surface area (Å²) < 4.78 is 25.9. The normalized spacial score (nSPS) is 20.1. The van der Waals surface area contributed by atoms with Gasteiger partial charge in [-0.2, -0.15) is 4.31 Å². The minimum absolute atomic E-state index is 0.0232. The van der Waals surface area contributed by atoms with Gasteiger partial charge in [-0.25, -0.2) is 13.2 Å². The van der Waals surface area contributed by atoms with Crippen LogP contribution in [0.3, 0.4) is 0 Å². The van der Waals surface area contributed by atoms with Crippen molar-refractivity contribution in [2.45, 2.75) is 11.8 Å². The van der Waals surface area contributed by atoms with Crippen LogP contribution in [0.15, 0.2) is 24.3 Å². The molecule has 0 radical (unpaired) electrons. The second-order valence-electron chi connectivity index (χ2n) is 5.28. The lowest BCUT2D eigenvalue weighted by Gasteiger charge is -2.41. The molecule has 22 heavy (non-hydrogen) atoms. The first-order valence-electron chi connectivity index (χ1n) is 6.69. The van der Waals surface area contributed by atoms with Crippen molar-refractivity contribution in [3.8, 4) is 0 Å². The van der Waals surface area contributed by atoms with Crippen LogP contribution in [-0.4, -0.2) is 55.2 Å². The third kappa shape index (κ3) is 2.81. The molecule has 0 bridgehead atoms. The van der Waals surface area contributed by atoms with Gasteiger partial charge in [-0.05, 0) is 17.7 Å². The first-order valence-corrected chi connectivity index (χ1v) is 8.68. The highest BCUT2D eigenvalue weighted by Crippen LogP contribution is 2.23. The van der Waals surface area contributed by atoms with Crippen LogP contribution in [0.1, 0.15) is 5.56 Å². The van der Waals surface area contributed by atoms with Crippen molar-refractivity contribution in [3.63, 3.8) is 0 Å². The molecular weight excluding hydrogens is 330 g/mol. The lowest BCUT2D eigenvalue weighted by molar-refractivity contribution is -0.128. The number of halogens is 1. The minimum atomic E-state index is -3.49. The van der Waals surface area contributed by atoms with Gasteiger partial charge in [0, 0.05) is 18.1 Å². The van der Waals surface area contributed by atoms with Crippen LogP contribution in [0.4, 0.5) is 4.79 Å². The summed E-state index contributed by atoms with van der Waals surface area (Å²) in [7, 11) is -3.49. The summed E-state index contributed by atoms with van der Waals surface area (Å²) in [4.78, 5) is 24.2. The van der Waals surface area contributed by atoms with Crippen LogP contribution < -0.4 is 5.32 Å². The fraction of sp³-hybridized carbons (Fsp3) is 0.385. The number of hydrogen-bond donors (Lipinski definition) is 1. The van der Waals surface area contributed by atoms with Gasteiger partial charge in [0.15, 0.2) is 0 Å². The Balaban J connectivity index is 1.64. The zero-order valence-corrected chi connectivity index (χ0v) is 13.1. The smallest absolute Gasteiger partial charge is 0.324 e. The molecule has 9 heteroatoms. The van der Waals surface area contributed by atoms with E-state index < -0.39 is 16.1 Å². The SMILES string of the molecule is O=C1CNC(=O)N1C1CN(S(=O)(=O)Cc2cccc(Cl)c2)C1. The molecule has 0 aliphatic carbocycles. The second kappa shape index (κ2) is 5.53. The molecule has 1 aromatic carbocycles. The number of benzene rings is 1. The molecule has 2 aliphatic rings. The van der Waals surface area contributed by atoms with E-state index in [1.807, 2.05) is 0 Å². The Hall–Kier alpha value is -1.64. The van der Waals surface area contributed by atoms with Crippen molar-refractivity contribution in [1.29, 1.82) is 0 Å². The van der Waals surface area contributed by atoms with E-state index in [1.165, 1.54) is 4.31 Å². The Labute approximate surface area is 132 Å². The zero-order valence-electron chi connectivity index (χ0n) is 11.5. The number of imide groups is 1. The Morgan fingerprint density at radius 2 is 2.00 bits per heavy atom. The molecule has 2 fully saturated rings. The number of carbonyl (C=O) groups is 2. The molecule has 0 spiro atoms. The van der Waals surface area contributed by atoms with E-state index in [4.69, 9.17) is 11.6 Å². The average Bonchev–Trinajstić information content (AvgIpc) is 2.68. The summed E-state index contributed by atoms with van der Waals surface area (Å²) in [5.74, 6) is -0.470. The van der Waals surface area contributed by atoms with Gasteiger partial charge in [0.25, 0.3) is 0 Å². The van der Waals surface area contributed by atoms with Crippen molar-refractivity contribution in [2.24, 2.45) is 0 Å². The summed E-state index contributed by atoms with van der Waals surface area (Å²) in [6.07, 6.45) is 0. The Kier molecular flexibility index (Phi) is 3.84. The Morgan fingerprint density at radius 3 is 2.59 bits per heavy atom. The fourth-order valence-electron chi connectivity index (χ4n) is 2.54. The van der Waals surface area contributed by atoms with Gasteiger partial charge in [-0.3, -0.25) is 9.69 Å². The number of rotatable bonds is 4. The van der Waals surface area contributed by atoms with Crippen LogP contribution in [0.2, 0.25) is 5.02 Å². The summed E-state index contributed by atoms with van der Waals surface area (Å²) in [5, 5.41) is 2.90. The molecule has 0 atom stereocenters. The number of nitrogens with zero attached hydrogens (tertiary/aromatic N) is 2. The predicted octanol–water partition coefficient (Wildman–Crippen LogP) is 0.406. The van der Waals surface area contributed by atoms with E-state index in [0.717, 1.165) is 4.90 Å². The monoisotopic (exact) mass is 343 g/mol. The molecule has 0 aromatic heterocycles. The molecule has 118 valence electrons. The number of nitrogens with one attached hydrogen (secondary N) is 1. The maximum atomic E-state index is 12.3. The molecule has 2 aliphatic heterocycles. The van der Waals surface area contributed by atoms with Crippen molar-refractivity contribution < 1.29 is 18.0 Å². The van der Waals surface area contributed by atoms with Crippen LogP contribution >= 0.6 is 11.6 Å². The van der Waals surface area contributed by atoms with Gasteiger partial charge >= 0.3 is 6.03 Å². The molecule has 1 N–H and O–H groups in total. The summed E-state index contributed by atoms with van der Waals surface area (Å²) in [5.41, 5.74) is 0.603. The molecule has 2 saturated heterocycles. The largest absolute Gasteiger partial charge is 0.329 e. The molecule has 1 aromatic rings. The van der Waals surface area contributed by atoms with Crippen LogP contribution in [0, 0.1) is 0 Å². The van der Waals surface area contributed by atoms with Gasteiger partial charge in [-0.15, -0.1) is 0 Å². The van der Waals surface area contributed by atoms with E-state index in [0.29, 0.717) is 10.6 Å². The topological polar surface area (TPSA) is 86.8 Å². The van der Waals surface area contributed by atoms with E-state index in [-0.39, 0.29) is 37.3 Å². The van der Waals surface area contributed by atoms with Crippen LogP contribution in [0.25, 0.3) is 0 Å². The second-order valence-corrected chi connectivity index (χ2v) is 7.68. The number of urea groups is 1. The lowest BCUT2D eigenvalue weighted by Crippen LogP contribution is -2.62. The maximum absolute atomic E-state index is 12.3. The van der Waals surface area contributed by atoms with Crippen molar-refractivity contribution in [1.82, 2.24) is 14.5 Å². The van der Waals surface area contributed by atoms with Gasteiger partial charge in [0.05, 0.1) is 18.3 Å². The average molecular weight is 344 g/mol. The van der Waals surface area contributed by atoms with E-state index in [1.54, 1.807) is 24.3 Å². The third-order valence-corrected chi connectivity index (χ3v) is 5.72. The van der Waals surface area contributed by atoms with E-state index >= 15 is 0 Å². The molecule has 3 rings (SSSR count). The van der Waals surface area contributed by atoms with Crippen LogP contribution in [0.5, 0.6) is 0 Å². The van der Waals surface area contributed by atoms with Gasteiger partial charge < -0.3 is 5.32 Å². The van der Waals surface area contributed by atoms with E-state index in [9.17, 15) is 18.0 Å². The third-order valence-electron chi connectivity index (χ3n) is 3.70. The van der Waals surface area contributed by atoms with Crippen LogP contribution in [-0.2, 0) is 20.6 Å². The number of hydrogen-bond acceptors (Lipinski definition) is 4. The molecule has 0 saturated carbocycles. The molecule has 3 amide bonds. The van der Waals surface area contributed by atoms with Gasteiger partial charge in [0.2, 0.25) is 15.9 Å². The molecule has 0 unspecified atom stereocenters. The highest BCUT2D eigenvalue weighted by molar-refractivity contribution is 7.88. The predicted molar refractivity (Wildman–Crippen MR) is 79.7 cm³/mol. The van der Waals surface area contributed by atoms with Crippen molar-refractivity contribution in [3.05, 3.63) is 34.9 Å². The van der Waals surface area contributed by atoms with E-state index in [2.05, 4.69) is 5.32 Å². The molecule has 7 nitrogen and oxygen atoms in total. The Morgan fingerprint density at radius 1 is 1.27 bits per heavy atom. The first-order chi connectivity index (χ1) is 10.4. The quantitative estimate of drug-likeness (QED) is 0.802. The lowest BCUT2D eigenvalue weighted by atomic mass is 10.1. The number of sulfonamides is 1. The summed E-state index contributed by atoms with van der Waals surface area (Å²) in [6.45, 7) is 0.259. The number of amides is 3. The van der Waals surface area contributed by atoms with Crippen molar-refractivity contribution in [2.75, 3.05) is 19.6 Å². The Bertz CT molecular complexity index is 715. The summed E-state index contributed by atoms with van der Waals surface area (Å²) in [6, 6.07) is 5.83. The fourth-order valence-corrected chi connectivity index (χ4v) is 4.33. The summed E-state index contributed by atoms with van der Waals surface area (Å²) >= 11 is 5.85. The zero-order chi connectivity index (χ0) is 15.9.